The standard InChI is InChI=1S/C19H24N4OS/c1-14-12-17(23-8-10-25-11-9-23)5-6-18(14)22-19(24)21-15(2)16-4-3-7-20-13-16/h3-7,12-13,15H,8-11H2,1-2H3,(H2,21,22,24). The highest BCUT2D eigenvalue weighted by Crippen LogP contribution is 2.25. The second-order valence-electron chi connectivity index (χ2n) is 6.21. The lowest BCUT2D eigenvalue weighted by Crippen LogP contribution is -2.33. The van der Waals surface area contributed by atoms with Gasteiger partial charge < -0.3 is 15.5 Å². The summed E-state index contributed by atoms with van der Waals surface area (Å²) < 4.78 is 0. The van der Waals surface area contributed by atoms with Crippen molar-refractivity contribution >= 4 is 29.2 Å². The summed E-state index contributed by atoms with van der Waals surface area (Å²) in [4.78, 5) is 18.8. The average Bonchev–Trinajstić information content (AvgIpc) is 2.65. The number of anilines is 2. The third-order valence-electron chi connectivity index (χ3n) is 4.37. The maximum atomic E-state index is 12.3. The molecule has 1 aliphatic rings. The maximum Gasteiger partial charge on any atom is 0.319 e. The molecule has 0 saturated carbocycles. The number of hydrogen-bond acceptors (Lipinski definition) is 4. The number of nitrogens with one attached hydrogen (secondary N) is 2. The van der Waals surface area contributed by atoms with Gasteiger partial charge in [-0.1, -0.05) is 6.07 Å². The third kappa shape index (κ3) is 4.66. The van der Waals surface area contributed by atoms with Gasteiger partial charge in [0, 0.05) is 48.4 Å². The minimum Gasteiger partial charge on any atom is -0.370 e. The molecule has 1 atom stereocenters. The van der Waals surface area contributed by atoms with Crippen molar-refractivity contribution in [1.29, 1.82) is 0 Å². The summed E-state index contributed by atoms with van der Waals surface area (Å²) in [5.74, 6) is 2.35. The first-order chi connectivity index (χ1) is 12.1. The van der Waals surface area contributed by atoms with Crippen LogP contribution in [0.1, 0.15) is 24.1 Å². The van der Waals surface area contributed by atoms with Crippen LogP contribution >= 0.6 is 11.8 Å². The lowest BCUT2D eigenvalue weighted by Gasteiger charge is -2.29. The molecule has 0 bridgehead atoms. The van der Waals surface area contributed by atoms with Gasteiger partial charge >= 0.3 is 6.03 Å². The van der Waals surface area contributed by atoms with Crippen molar-refractivity contribution in [2.24, 2.45) is 0 Å². The molecule has 1 aliphatic heterocycles. The van der Waals surface area contributed by atoms with Gasteiger partial charge in [0.2, 0.25) is 0 Å². The molecule has 2 amide bonds. The molecule has 1 aromatic heterocycles. The highest BCUT2D eigenvalue weighted by Gasteiger charge is 2.14. The Balaban J connectivity index is 1.61. The van der Waals surface area contributed by atoms with E-state index in [1.54, 1.807) is 12.4 Å². The van der Waals surface area contributed by atoms with Gasteiger partial charge in [-0.05, 0) is 49.2 Å². The molecule has 2 aromatic rings. The van der Waals surface area contributed by atoms with Crippen LogP contribution < -0.4 is 15.5 Å². The smallest absolute Gasteiger partial charge is 0.319 e. The maximum absolute atomic E-state index is 12.3. The second-order valence-corrected chi connectivity index (χ2v) is 7.43. The number of nitrogens with zero attached hydrogens (tertiary/aromatic N) is 2. The Morgan fingerprint density at radius 3 is 2.76 bits per heavy atom. The molecule has 3 rings (SSSR count). The van der Waals surface area contributed by atoms with Crippen LogP contribution in [0.25, 0.3) is 0 Å². The van der Waals surface area contributed by atoms with E-state index in [-0.39, 0.29) is 12.1 Å². The van der Waals surface area contributed by atoms with Crippen LogP contribution in [0.2, 0.25) is 0 Å². The Morgan fingerprint density at radius 1 is 1.28 bits per heavy atom. The van der Waals surface area contributed by atoms with Gasteiger partial charge in [-0.2, -0.15) is 11.8 Å². The number of urea groups is 1. The summed E-state index contributed by atoms with van der Waals surface area (Å²) in [7, 11) is 0. The number of carbonyl (C=O) groups is 1. The van der Waals surface area contributed by atoms with E-state index in [1.807, 2.05) is 43.8 Å². The minimum atomic E-state index is -0.207. The largest absolute Gasteiger partial charge is 0.370 e. The Morgan fingerprint density at radius 2 is 2.08 bits per heavy atom. The first-order valence-corrected chi connectivity index (χ1v) is 9.70. The van der Waals surface area contributed by atoms with Crippen LogP contribution in [-0.4, -0.2) is 35.6 Å². The highest BCUT2D eigenvalue weighted by molar-refractivity contribution is 7.99. The van der Waals surface area contributed by atoms with Gasteiger partial charge in [-0.25, -0.2) is 4.79 Å². The number of thioether (sulfide) groups is 1. The number of carbonyl (C=O) groups excluding carboxylic acids is 1. The summed E-state index contributed by atoms with van der Waals surface area (Å²) in [5, 5.41) is 5.89. The third-order valence-corrected chi connectivity index (χ3v) is 5.31. The number of pyridine rings is 1. The number of amides is 2. The Kier molecular flexibility index (Phi) is 5.81. The Hall–Kier alpha value is -2.21. The SMILES string of the molecule is Cc1cc(N2CCSCC2)ccc1NC(=O)NC(C)c1cccnc1. The lowest BCUT2D eigenvalue weighted by atomic mass is 10.1. The summed E-state index contributed by atoms with van der Waals surface area (Å²) in [6.45, 7) is 6.14. The van der Waals surface area contributed by atoms with E-state index in [9.17, 15) is 4.79 Å². The summed E-state index contributed by atoms with van der Waals surface area (Å²) >= 11 is 2.00. The number of rotatable bonds is 4. The fourth-order valence-corrected chi connectivity index (χ4v) is 3.78. The molecule has 2 heterocycles. The summed E-state index contributed by atoms with van der Waals surface area (Å²) in [6.07, 6.45) is 3.49. The number of aryl methyl sites for hydroxylation is 1. The molecule has 132 valence electrons. The normalized spacial score (nSPS) is 15.5. The molecule has 5 nitrogen and oxygen atoms in total. The predicted octanol–water partition coefficient (Wildman–Crippen LogP) is 3.83. The van der Waals surface area contributed by atoms with Gasteiger partial charge in [-0.3, -0.25) is 4.98 Å². The number of aromatic nitrogens is 1. The zero-order valence-electron chi connectivity index (χ0n) is 14.7. The molecule has 6 heteroatoms. The van der Waals surface area contributed by atoms with Crippen LogP contribution in [0.4, 0.5) is 16.2 Å². The van der Waals surface area contributed by atoms with Gasteiger partial charge in [0.05, 0.1) is 6.04 Å². The van der Waals surface area contributed by atoms with Crippen molar-refractivity contribution in [3.63, 3.8) is 0 Å². The van der Waals surface area contributed by atoms with Crippen LogP contribution in [0.5, 0.6) is 0 Å². The number of hydrogen-bond donors (Lipinski definition) is 2. The van der Waals surface area contributed by atoms with Crippen molar-refractivity contribution in [2.45, 2.75) is 19.9 Å². The Bertz CT molecular complexity index is 717. The second kappa shape index (κ2) is 8.25. The van der Waals surface area contributed by atoms with Crippen molar-refractivity contribution in [3.05, 3.63) is 53.9 Å². The lowest BCUT2D eigenvalue weighted by molar-refractivity contribution is 0.249. The minimum absolute atomic E-state index is 0.0980. The molecule has 0 aliphatic carbocycles. The molecule has 0 spiro atoms. The molecule has 1 fully saturated rings. The van der Waals surface area contributed by atoms with Crippen LogP contribution in [-0.2, 0) is 0 Å². The Labute approximate surface area is 153 Å². The first-order valence-electron chi connectivity index (χ1n) is 8.54. The first kappa shape index (κ1) is 17.6. The highest BCUT2D eigenvalue weighted by atomic mass is 32.2. The zero-order valence-corrected chi connectivity index (χ0v) is 15.5. The van der Waals surface area contributed by atoms with Crippen molar-refractivity contribution < 1.29 is 4.79 Å². The van der Waals surface area contributed by atoms with Crippen LogP contribution in [0.3, 0.4) is 0 Å². The van der Waals surface area contributed by atoms with E-state index >= 15 is 0 Å². The van der Waals surface area contributed by atoms with Crippen molar-refractivity contribution in [2.75, 3.05) is 34.8 Å². The average molecular weight is 356 g/mol. The fraction of sp³-hybridized carbons (Fsp3) is 0.368. The van der Waals surface area contributed by atoms with Crippen LogP contribution in [0.15, 0.2) is 42.7 Å². The van der Waals surface area contributed by atoms with Crippen LogP contribution in [0, 0.1) is 6.92 Å². The molecule has 2 N–H and O–H groups in total. The summed E-state index contributed by atoms with van der Waals surface area (Å²) in [6, 6.07) is 9.74. The zero-order chi connectivity index (χ0) is 17.6. The van der Waals surface area contributed by atoms with E-state index in [0.29, 0.717) is 0 Å². The van der Waals surface area contributed by atoms with E-state index in [1.165, 1.54) is 17.2 Å². The van der Waals surface area contributed by atoms with E-state index in [2.05, 4.69) is 32.7 Å². The monoisotopic (exact) mass is 356 g/mol. The molecule has 1 saturated heterocycles. The summed E-state index contributed by atoms with van der Waals surface area (Å²) in [5.41, 5.74) is 4.12. The van der Waals surface area contributed by atoms with Gasteiger partial charge in [0.15, 0.2) is 0 Å². The quantitative estimate of drug-likeness (QED) is 0.874. The van der Waals surface area contributed by atoms with E-state index in [0.717, 1.165) is 29.9 Å². The predicted molar refractivity (Wildman–Crippen MR) is 106 cm³/mol. The van der Waals surface area contributed by atoms with Crippen molar-refractivity contribution in [1.82, 2.24) is 10.3 Å². The van der Waals surface area contributed by atoms with Gasteiger partial charge in [0.1, 0.15) is 0 Å². The molecular weight excluding hydrogens is 332 g/mol. The molecule has 0 radical (unpaired) electrons. The van der Waals surface area contributed by atoms with Gasteiger partial charge in [0.25, 0.3) is 0 Å². The topological polar surface area (TPSA) is 57.3 Å². The van der Waals surface area contributed by atoms with Gasteiger partial charge in [-0.15, -0.1) is 0 Å². The van der Waals surface area contributed by atoms with E-state index < -0.39 is 0 Å². The molecule has 25 heavy (non-hydrogen) atoms. The molecular formula is C19H24N4OS. The van der Waals surface area contributed by atoms with Crippen molar-refractivity contribution in [3.8, 4) is 0 Å². The molecule has 1 unspecified atom stereocenters. The number of benzene rings is 1. The molecule has 1 aromatic carbocycles. The fourth-order valence-electron chi connectivity index (χ4n) is 2.88. The van der Waals surface area contributed by atoms with E-state index in [4.69, 9.17) is 0 Å².